The van der Waals surface area contributed by atoms with E-state index in [0.717, 1.165) is 44.9 Å². The van der Waals surface area contributed by atoms with Crippen molar-refractivity contribution in [2.75, 3.05) is 13.1 Å². The van der Waals surface area contributed by atoms with E-state index in [9.17, 15) is 18.0 Å². The Hall–Kier alpha value is -1.67. The zero-order valence-electron chi connectivity index (χ0n) is 14.3. The molecule has 0 atom stereocenters. The molecule has 7 nitrogen and oxygen atoms in total. The minimum absolute atomic E-state index is 0.154. The molecule has 1 aromatic heterocycles. The third-order valence-corrected chi connectivity index (χ3v) is 6.86. The van der Waals surface area contributed by atoms with E-state index in [1.807, 2.05) is 0 Å². The third kappa shape index (κ3) is 4.12. The van der Waals surface area contributed by atoms with E-state index in [1.54, 1.807) is 0 Å². The monoisotopic (exact) mass is 367 g/mol. The molecule has 0 bridgehead atoms. The van der Waals surface area contributed by atoms with Crippen molar-refractivity contribution in [2.45, 2.75) is 62.4 Å². The normalized spacial score (nSPS) is 19.8. The van der Waals surface area contributed by atoms with Crippen LogP contribution in [0.2, 0.25) is 0 Å². The number of nitrogens with one attached hydrogen (secondary N) is 1. The number of aromatic nitrogens is 1. The molecular weight excluding hydrogens is 342 g/mol. The molecule has 1 amide bonds. The van der Waals surface area contributed by atoms with Gasteiger partial charge >= 0.3 is 0 Å². The fraction of sp³-hybridized carbons (Fsp3) is 0.647. The summed E-state index contributed by atoms with van der Waals surface area (Å²) >= 11 is 0. The molecule has 138 valence electrons. The Kier molecular flexibility index (Phi) is 5.58. The number of nitrogens with zero attached hydrogens (tertiary/aromatic N) is 2. The number of amides is 1. The van der Waals surface area contributed by atoms with Crippen LogP contribution in [0.5, 0.6) is 0 Å². The first-order valence-corrected chi connectivity index (χ1v) is 10.4. The molecule has 0 spiro atoms. The summed E-state index contributed by atoms with van der Waals surface area (Å²) in [5, 5.41) is 2.92. The van der Waals surface area contributed by atoms with E-state index < -0.39 is 15.6 Å². The second-order valence-corrected chi connectivity index (χ2v) is 8.73. The lowest BCUT2D eigenvalue weighted by Gasteiger charge is -2.25. The van der Waals surface area contributed by atoms with E-state index in [0.29, 0.717) is 13.1 Å². The van der Waals surface area contributed by atoms with Gasteiger partial charge in [-0.05, 0) is 37.8 Å². The predicted molar refractivity (Wildman–Crippen MR) is 93.7 cm³/mol. The highest BCUT2D eigenvalue weighted by atomic mass is 32.2. The summed E-state index contributed by atoms with van der Waals surface area (Å²) < 4.78 is 28.0. The van der Waals surface area contributed by atoms with Gasteiger partial charge in [-0.15, -0.1) is 0 Å². The number of rotatable bonds is 5. The van der Waals surface area contributed by atoms with Gasteiger partial charge in [0, 0.05) is 25.3 Å². The first-order valence-electron chi connectivity index (χ1n) is 8.97. The number of pyridine rings is 1. The molecule has 1 N–H and O–H groups in total. The molecule has 1 aliphatic heterocycles. The molecule has 3 rings (SSSR count). The highest BCUT2D eigenvalue weighted by molar-refractivity contribution is 7.89. The predicted octanol–water partition coefficient (Wildman–Crippen LogP) is 1.08. The van der Waals surface area contributed by atoms with Crippen molar-refractivity contribution in [1.82, 2.24) is 14.2 Å². The lowest BCUT2D eigenvalue weighted by atomic mass is 10.2. The summed E-state index contributed by atoms with van der Waals surface area (Å²) in [5.74, 6) is -0.249. The van der Waals surface area contributed by atoms with E-state index in [2.05, 4.69) is 5.32 Å². The molecule has 0 unspecified atom stereocenters. The Morgan fingerprint density at radius 1 is 1.12 bits per heavy atom. The molecule has 2 fully saturated rings. The van der Waals surface area contributed by atoms with Crippen molar-refractivity contribution in [3.8, 4) is 0 Å². The van der Waals surface area contributed by atoms with E-state index in [1.165, 1.54) is 27.2 Å². The maximum atomic E-state index is 12.7. The van der Waals surface area contributed by atoms with Crippen molar-refractivity contribution >= 4 is 15.9 Å². The highest BCUT2D eigenvalue weighted by Crippen LogP contribution is 2.18. The summed E-state index contributed by atoms with van der Waals surface area (Å²) in [6.07, 6.45) is 8.23. The zero-order chi connectivity index (χ0) is 17.9. The number of hydrogen-bond donors (Lipinski definition) is 1. The number of sulfonamides is 1. The van der Waals surface area contributed by atoms with Crippen LogP contribution in [0.1, 0.15) is 44.9 Å². The van der Waals surface area contributed by atoms with Crippen molar-refractivity contribution in [1.29, 1.82) is 0 Å². The third-order valence-electron chi connectivity index (χ3n) is 4.95. The quantitative estimate of drug-likeness (QED) is 0.843. The first kappa shape index (κ1) is 18.1. The largest absolute Gasteiger partial charge is 0.352 e. The first-order chi connectivity index (χ1) is 12.0. The van der Waals surface area contributed by atoms with Gasteiger partial charge in [0.25, 0.3) is 5.56 Å². The summed E-state index contributed by atoms with van der Waals surface area (Å²) in [4.78, 5) is 24.5. The molecule has 2 heterocycles. The molecule has 25 heavy (non-hydrogen) atoms. The number of carbonyl (C=O) groups is 1. The van der Waals surface area contributed by atoms with Gasteiger partial charge in [-0.3, -0.25) is 9.59 Å². The number of piperidine rings is 1. The molecule has 2 aliphatic rings. The van der Waals surface area contributed by atoms with Crippen LogP contribution in [0.4, 0.5) is 0 Å². The fourth-order valence-corrected chi connectivity index (χ4v) is 5.18. The average molecular weight is 367 g/mol. The number of carbonyl (C=O) groups excluding carboxylic acids is 1. The average Bonchev–Trinajstić information content (AvgIpc) is 3.10. The van der Waals surface area contributed by atoms with Gasteiger partial charge in [-0.25, -0.2) is 8.42 Å². The number of hydrogen-bond acceptors (Lipinski definition) is 4. The lowest BCUT2D eigenvalue weighted by Crippen LogP contribution is -2.41. The van der Waals surface area contributed by atoms with Gasteiger partial charge in [0.05, 0.1) is 0 Å². The SMILES string of the molecule is O=C(Cn1cccc(S(=O)(=O)N2CCCCC2)c1=O)NC1CCCC1. The molecule has 1 saturated heterocycles. The van der Waals surface area contributed by atoms with Gasteiger partial charge in [-0.1, -0.05) is 19.3 Å². The minimum atomic E-state index is -3.81. The van der Waals surface area contributed by atoms with Crippen LogP contribution in [0.15, 0.2) is 28.0 Å². The minimum Gasteiger partial charge on any atom is -0.352 e. The molecule has 1 aromatic rings. The summed E-state index contributed by atoms with van der Waals surface area (Å²) in [6.45, 7) is 0.733. The Bertz CT molecular complexity index is 775. The van der Waals surface area contributed by atoms with Crippen LogP contribution in [0, 0.1) is 0 Å². The fourth-order valence-electron chi connectivity index (χ4n) is 3.58. The maximum absolute atomic E-state index is 12.7. The van der Waals surface area contributed by atoms with Crippen molar-refractivity contribution < 1.29 is 13.2 Å². The van der Waals surface area contributed by atoms with Crippen LogP contribution >= 0.6 is 0 Å². The van der Waals surface area contributed by atoms with Crippen LogP contribution in [-0.4, -0.2) is 42.3 Å². The molecular formula is C17H25N3O4S. The maximum Gasteiger partial charge on any atom is 0.271 e. The second kappa shape index (κ2) is 7.70. The van der Waals surface area contributed by atoms with Crippen molar-refractivity contribution in [3.63, 3.8) is 0 Å². The summed E-state index contributed by atoms with van der Waals surface area (Å²) in [6, 6.07) is 3.02. The molecule has 1 aliphatic carbocycles. The molecule has 0 aromatic carbocycles. The lowest BCUT2D eigenvalue weighted by molar-refractivity contribution is -0.122. The van der Waals surface area contributed by atoms with Crippen LogP contribution in [-0.2, 0) is 21.4 Å². The molecule has 1 saturated carbocycles. The van der Waals surface area contributed by atoms with Crippen molar-refractivity contribution in [3.05, 3.63) is 28.7 Å². The Labute approximate surface area is 148 Å². The van der Waals surface area contributed by atoms with E-state index >= 15 is 0 Å². The van der Waals surface area contributed by atoms with Gasteiger partial charge in [0.2, 0.25) is 15.9 Å². The van der Waals surface area contributed by atoms with Crippen molar-refractivity contribution in [2.24, 2.45) is 0 Å². The molecule has 8 heteroatoms. The van der Waals surface area contributed by atoms with Gasteiger partial charge in [-0.2, -0.15) is 4.31 Å². The van der Waals surface area contributed by atoms with Crippen LogP contribution < -0.4 is 10.9 Å². The Morgan fingerprint density at radius 2 is 1.80 bits per heavy atom. The van der Waals surface area contributed by atoms with Crippen LogP contribution in [0.3, 0.4) is 0 Å². The van der Waals surface area contributed by atoms with Crippen LogP contribution in [0.25, 0.3) is 0 Å². The Morgan fingerprint density at radius 3 is 2.48 bits per heavy atom. The van der Waals surface area contributed by atoms with Gasteiger partial charge < -0.3 is 9.88 Å². The molecule has 0 radical (unpaired) electrons. The summed E-state index contributed by atoms with van der Waals surface area (Å²) in [7, 11) is -3.81. The highest BCUT2D eigenvalue weighted by Gasteiger charge is 2.29. The topological polar surface area (TPSA) is 88.5 Å². The Balaban J connectivity index is 1.77. The van der Waals surface area contributed by atoms with Gasteiger partial charge in [0.1, 0.15) is 11.4 Å². The zero-order valence-corrected chi connectivity index (χ0v) is 15.1. The summed E-state index contributed by atoms with van der Waals surface area (Å²) in [5.41, 5.74) is -0.630. The smallest absolute Gasteiger partial charge is 0.271 e. The van der Waals surface area contributed by atoms with E-state index in [-0.39, 0.29) is 23.4 Å². The standard InChI is InChI=1S/C17H25N3O4S/c21-16(18-14-7-2-3-8-14)13-19-10-6-9-15(17(19)22)25(23,24)20-11-4-1-5-12-20/h6,9-10,14H,1-5,7-8,11-13H2,(H,18,21). The van der Waals surface area contributed by atoms with Gasteiger partial charge in [0.15, 0.2) is 0 Å². The van der Waals surface area contributed by atoms with E-state index in [4.69, 9.17) is 0 Å². The second-order valence-electron chi connectivity index (χ2n) is 6.82.